The zero-order chi connectivity index (χ0) is 33.4. The fourth-order valence-electron chi connectivity index (χ4n) is 6.53. The van der Waals surface area contributed by atoms with Crippen LogP contribution in [-0.2, 0) is 31.9 Å². The zero-order valence-corrected chi connectivity index (χ0v) is 30.8. The minimum Gasteiger partial charge on any atom is -0.656 e. The standard InChI is InChI=1S/C41H40N4O2.Pt/c1-23-17-24(2)19-27(18-23)45-35-14-9-11-28(32-12-10-13-34(42-32)39(46)47)37(35)44-38(45)31-22-26(41(6,7)8)21-30-29-20-25(40(3,4)5)15-16-33(29)43-36(30)31;/h9-22H,1-8H3,(H2,42,43,44,46,47);/p-1. The molecule has 0 unspecified atom stereocenters. The van der Waals surface area contributed by atoms with Gasteiger partial charge in [0.2, 0.25) is 0 Å². The van der Waals surface area contributed by atoms with Crippen LogP contribution in [0.5, 0.6) is 0 Å². The van der Waals surface area contributed by atoms with E-state index in [0.29, 0.717) is 5.69 Å². The molecule has 3 heterocycles. The third-order valence-corrected chi connectivity index (χ3v) is 9.00. The SMILES string of the molecule is Cc1cc(C)cc(-n2c(-c3cc(C(C)(C)C)cc4c3[n-]c3ccc(C(C)(C)C)cc34)nc3c(-c4cccc(C(=O)O)n4)cccc32)c1.[Pt]. The number of aromatic carboxylic acids is 1. The number of hydrogen-bond donors (Lipinski definition) is 1. The van der Waals surface area contributed by atoms with Crippen molar-refractivity contribution in [1.82, 2.24) is 19.5 Å². The van der Waals surface area contributed by atoms with Crippen LogP contribution in [0.1, 0.15) is 74.3 Å². The van der Waals surface area contributed by atoms with Crippen LogP contribution in [-0.4, -0.2) is 25.6 Å². The molecule has 246 valence electrons. The van der Waals surface area contributed by atoms with Crippen LogP contribution in [0.2, 0.25) is 0 Å². The molecular weight excluding hydrogens is 776 g/mol. The van der Waals surface area contributed by atoms with Crippen molar-refractivity contribution >= 4 is 38.8 Å². The molecule has 4 aromatic carbocycles. The average molecular weight is 815 g/mol. The van der Waals surface area contributed by atoms with Gasteiger partial charge >= 0.3 is 5.97 Å². The van der Waals surface area contributed by atoms with Gasteiger partial charge in [-0.05, 0) is 94.1 Å². The van der Waals surface area contributed by atoms with Crippen molar-refractivity contribution in [3.05, 3.63) is 113 Å². The smallest absolute Gasteiger partial charge is 0.354 e. The van der Waals surface area contributed by atoms with Crippen LogP contribution >= 0.6 is 0 Å². The van der Waals surface area contributed by atoms with Crippen molar-refractivity contribution < 1.29 is 31.0 Å². The third-order valence-electron chi connectivity index (χ3n) is 9.00. The van der Waals surface area contributed by atoms with E-state index in [1.807, 2.05) is 18.2 Å². The number of nitrogens with zero attached hydrogens (tertiary/aromatic N) is 4. The monoisotopic (exact) mass is 814 g/mol. The predicted molar refractivity (Wildman–Crippen MR) is 192 cm³/mol. The zero-order valence-electron chi connectivity index (χ0n) is 28.5. The van der Waals surface area contributed by atoms with Crippen molar-refractivity contribution in [2.75, 3.05) is 0 Å². The molecule has 0 fully saturated rings. The van der Waals surface area contributed by atoms with E-state index in [9.17, 15) is 9.90 Å². The number of pyridine rings is 1. The van der Waals surface area contributed by atoms with Crippen LogP contribution < -0.4 is 4.98 Å². The van der Waals surface area contributed by atoms with Crippen molar-refractivity contribution in [2.45, 2.75) is 66.2 Å². The molecule has 0 aliphatic carbocycles. The van der Waals surface area contributed by atoms with Crippen molar-refractivity contribution in [1.29, 1.82) is 0 Å². The summed E-state index contributed by atoms with van der Waals surface area (Å²) in [7, 11) is 0. The topological polar surface area (TPSA) is 82.1 Å². The Balaban J connectivity index is 0.00000401. The fourth-order valence-corrected chi connectivity index (χ4v) is 6.53. The number of fused-ring (bicyclic) bond motifs is 4. The van der Waals surface area contributed by atoms with Crippen LogP contribution in [0.25, 0.3) is 61.2 Å². The largest absolute Gasteiger partial charge is 0.656 e. The maximum Gasteiger partial charge on any atom is 0.354 e. The van der Waals surface area contributed by atoms with Crippen LogP contribution in [0.15, 0.2) is 84.9 Å². The Hall–Kier alpha value is -4.54. The van der Waals surface area contributed by atoms with Gasteiger partial charge in [-0.15, -0.1) is 11.0 Å². The molecular formula is C41H39N4O2Pt-. The molecule has 0 radical (unpaired) electrons. The Morgan fingerprint density at radius 3 is 2.06 bits per heavy atom. The Labute approximate surface area is 295 Å². The molecule has 0 spiro atoms. The Bertz CT molecular complexity index is 2360. The molecule has 7 aromatic rings. The van der Waals surface area contributed by atoms with Gasteiger partial charge in [-0.3, -0.25) is 4.57 Å². The second kappa shape index (κ2) is 11.9. The summed E-state index contributed by atoms with van der Waals surface area (Å²) >= 11 is 0. The molecule has 0 amide bonds. The molecule has 0 bridgehead atoms. The molecule has 0 aliphatic rings. The number of carboxylic acids is 1. The first-order valence-corrected chi connectivity index (χ1v) is 16.1. The number of benzene rings is 4. The first-order chi connectivity index (χ1) is 22.2. The van der Waals surface area contributed by atoms with Crippen molar-refractivity contribution in [3.63, 3.8) is 0 Å². The van der Waals surface area contributed by atoms with E-state index in [2.05, 4.69) is 120 Å². The van der Waals surface area contributed by atoms with E-state index in [1.165, 1.54) is 17.2 Å². The van der Waals surface area contributed by atoms with Crippen LogP contribution in [0, 0.1) is 13.8 Å². The average Bonchev–Trinajstić information content (AvgIpc) is 3.57. The van der Waals surface area contributed by atoms with E-state index < -0.39 is 5.97 Å². The number of hydrogen-bond acceptors (Lipinski definition) is 3. The summed E-state index contributed by atoms with van der Waals surface area (Å²) in [4.78, 5) is 27.0. The van der Waals surface area contributed by atoms with Crippen molar-refractivity contribution in [2.24, 2.45) is 0 Å². The van der Waals surface area contributed by atoms with Gasteiger partial charge in [-0.2, -0.15) is 0 Å². The third kappa shape index (κ3) is 5.77. The number of carboxylic acid groups (broad SMARTS) is 1. The summed E-state index contributed by atoms with van der Waals surface area (Å²) in [6, 6.07) is 28.8. The predicted octanol–water partition coefficient (Wildman–Crippen LogP) is 9.93. The molecule has 1 N–H and O–H groups in total. The second-order valence-electron chi connectivity index (χ2n) is 14.8. The number of rotatable bonds is 4. The molecule has 7 rings (SSSR count). The van der Waals surface area contributed by atoms with Gasteiger partial charge in [-0.25, -0.2) is 14.8 Å². The molecule has 7 heteroatoms. The van der Waals surface area contributed by atoms with Gasteiger partial charge in [0.25, 0.3) is 0 Å². The molecule has 0 aliphatic heterocycles. The molecule has 0 saturated heterocycles. The number of imidazole rings is 1. The summed E-state index contributed by atoms with van der Waals surface area (Å²) < 4.78 is 2.22. The van der Waals surface area contributed by atoms with Gasteiger partial charge < -0.3 is 10.1 Å². The van der Waals surface area contributed by atoms with Gasteiger partial charge in [0.05, 0.1) is 16.7 Å². The summed E-state index contributed by atoms with van der Waals surface area (Å²) in [5, 5.41) is 11.9. The van der Waals surface area contributed by atoms with Gasteiger partial charge in [0.1, 0.15) is 11.5 Å². The molecule has 0 atom stereocenters. The quantitative estimate of drug-likeness (QED) is 0.191. The molecule has 6 nitrogen and oxygen atoms in total. The molecule has 0 saturated carbocycles. The first-order valence-electron chi connectivity index (χ1n) is 16.1. The number of para-hydroxylation sites is 1. The summed E-state index contributed by atoms with van der Waals surface area (Å²) in [6.45, 7) is 17.7. The fraction of sp³-hybridized carbons (Fsp3) is 0.244. The van der Waals surface area contributed by atoms with Gasteiger partial charge in [-0.1, -0.05) is 90.1 Å². The van der Waals surface area contributed by atoms with E-state index in [1.54, 1.807) is 6.07 Å². The summed E-state index contributed by atoms with van der Waals surface area (Å²) in [5.41, 5.74) is 11.5. The van der Waals surface area contributed by atoms with Gasteiger partial charge in [0, 0.05) is 37.9 Å². The van der Waals surface area contributed by atoms with Gasteiger partial charge in [0.15, 0.2) is 0 Å². The molecule has 3 aromatic heterocycles. The van der Waals surface area contributed by atoms with E-state index in [-0.39, 0.29) is 37.6 Å². The Morgan fingerprint density at radius 1 is 0.729 bits per heavy atom. The minimum atomic E-state index is -1.06. The normalized spacial score (nSPS) is 12.2. The van der Waals surface area contributed by atoms with E-state index in [4.69, 9.17) is 9.97 Å². The van der Waals surface area contributed by atoms with Crippen molar-refractivity contribution in [3.8, 4) is 28.3 Å². The number of aromatic nitrogens is 4. The summed E-state index contributed by atoms with van der Waals surface area (Å²) in [6.07, 6.45) is 0. The van der Waals surface area contributed by atoms with Crippen LogP contribution in [0.4, 0.5) is 0 Å². The second-order valence-corrected chi connectivity index (χ2v) is 14.8. The maximum atomic E-state index is 11.8. The minimum absolute atomic E-state index is 0. The van der Waals surface area contributed by atoms with E-state index >= 15 is 0 Å². The maximum absolute atomic E-state index is 11.8. The Kier molecular flexibility index (Phi) is 8.24. The first kappa shape index (κ1) is 33.4. The summed E-state index contributed by atoms with van der Waals surface area (Å²) in [5.74, 6) is -0.285. The number of carbonyl (C=O) groups is 1. The molecule has 48 heavy (non-hydrogen) atoms. The Morgan fingerprint density at radius 2 is 1.40 bits per heavy atom. The number of aryl methyl sites for hydroxylation is 2. The van der Waals surface area contributed by atoms with Crippen LogP contribution in [0.3, 0.4) is 0 Å². The van der Waals surface area contributed by atoms with E-state index in [0.717, 1.165) is 66.6 Å².